The Kier molecular flexibility index (Phi) is 4.85. The quantitative estimate of drug-likeness (QED) is 0.671. The summed E-state index contributed by atoms with van der Waals surface area (Å²) in [6, 6.07) is -0.104. The van der Waals surface area contributed by atoms with Crippen LogP contribution in [-0.4, -0.2) is 58.4 Å². The molecule has 3 rings (SSSR count). The van der Waals surface area contributed by atoms with E-state index in [-0.39, 0.29) is 42.7 Å². The first-order valence-electron chi connectivity index (χ1n) is 7.95. The number of anilines is 2. The van der Waals surface area contributed by atoms with E-state index in [9.17, 15) is 0 Å². The van der Waals surface area contributed by atoms with Crippen molar-refractivity contribution in [2.45, 2.75) is 57.3 Å². The summed E-state index contributed by atoms with van der Waals surface area (Å²) in [5.74, 6) is 0.317. The minimum Gasteiger partial charge on any atom is -0.394 e. The highest BCUT2D eigenvalue weighted by Gasteiger charge is 2.54. The minimum atomic E-state index is -0.693. The molecule has 24 heavy (non-hydrogen) atoms. The van der Waals surface area contributed by atoms with Gasteiger partial charge in [0.1, 0.15) is 23.7 Å². The molecule has 9 heteroatoms. The number of aromatic nitrogens is 2. The molecule has 0 unspecified atom stereocenters. The Labute approximate surface area is 145 Å². The predicted octanol–water partition coefficient (Wildman–Crippen LogP) is 1.10. The highest BCUT2D eigenvalue weighted by Crippen LogP contribution is 2.41. The zero-order valence-corrected chi connectivity index (χ0v) is 14.7. The summed E-state index contributed by atoms with van der Waals surface area (Å²) < 4.78 is 17.7. The number of aliphatic hydroxyl groups excluding tert-OH is 1. The van der Waals surface area contributed by atoms with Crippen molar-refractivity contribution in [3.63, 3.8) is 0 Å². The summed E-state index contributed by atoms with van der Waals surface area (Å²) in [4.78, 5) is 8.36. The molecule has 0 spiro atoms. The molecule has 8 nitrogen and oxygen atoms in total. The maximum Gasteiger partial charge on any atom is 0.164 e. The third-order valence-electron chi connectivity index (χ3n) is 4.17. The fourth-order valence-electron chi connectivity index (χ4n) is 3.28. The zero-order valence-electron chi connectivity index (χ0n) is 14.0. The molecule has 4 atom stereocenters. The first-order chi connectivity index (χ1) is 11.3. The molecule has 1 saturated carbocycles. The second-order valence-corrected chi connectivity index (χ2v) is 6.87. The second-order valence-electron chi connectivity index (χ2n) is 6.51. The summed E-state index contributed by atoms with van der Waals surface area (Å²) in [5, 5.41) is 12.5. The summed E-state index contributed by atoms with van der Waals surface area (Å²) in [6.45, 7) is 5.70. The molecular formula is C15H23ClN4O4. The maximum atomic E-state index is 9.01. The van der Waals surface area contributed by atoms with Crippen molar-refractivity contribution in [2.75, 3.05) is 24.3 Å². The van der Waals surface area contributed by atoms with Crippen molar-refractivity contribution >= 4 is 23.1 Å². The van der Waals surface area contributed by atoms with Crippen LogP contribution in [0.15, 0.2) is 0 Å². The highest BCUT2D eigenvalue weighted by molar-refractivity contribution is 6.32. The lowest BCUT2D eigenvalue weighted by Gasteiger charge is -2.24. The molecule has 0 bridgehead atoms. The molecule has 2 fully saturated rings. The smallest absolute Gasteiger partial charge is 0.164 e. The van der Waals surface area contributed by atoms with Gasteiger partial charge in [-0.2, -0.15) is 0 Å². The lowest BCUT2D eigenvalue weighted by molar-refractivity contribution is -0.167. The first kappa shape index (κ1) is 17.6. The highest BCUT2D eigenvalue weighted by atomic mass is 35.5. The van der Waals surface area contributed by atoms with Gasteiger partial charge >= 0.3 is 0 Å². The van der Waals surface area contributed by atoms with E-state index in [1.807, 2.05) is 13.8 Å². The molecular weight excluding hydrogens is 336 g/mol. The van der Waals surface area contributed by atoms with Gasteiger partial charge in [0.2, 0.25) is 0 Å². The van der Waals surface area contributed by atoms with Crippen LogP contribution in [0.25, 0.3) is 0 Å². The van der Waals surface area contributed by atoms with Gasteiger partial charge < -0.3 is 30.4 Å². The SMILES string of the molecule is Cc1nc(Cl)c(N)c(N[C@@H]2C[C@H](OCCO)[C@H]3OC(C)(C)O[C@H]32)n1. The number of nitrogens with zero attached hydrogens (tertiary/aromatic N) is 2. The Morgan fingerprint density at radius 3 is 2.79 bits per heavy atom. The van der Waals surface area contributed by atoms with Crippen LogP contribution >= 0.6 is 11.6 Å². The molecule has 0 aromatic carbocycles. The van der Waals surface area contributed by atoms with Gasteiger partial charge in [0, 0.05) is 0 Å². The van der Waals surface area contributed by atoms with E-state index in [1.54, 1.807) is 6.92 Å². The van der Waals surface area contributed by atoms with Crippen molar-refractivity contribution in [2.24, 2.45) is 0 Å². The predicted molar refractivity (Wildman–Crippen MR) is 88.9 cm³/mol. The Balaban J connectivity index is 1.80. The molecule has 1 aliphatic heterocycles. The molecule has 2 heterocycles. The van der Waals surface area contributed by atoms with Crippen LogP contribution in [-0.2, 0) is 14.2 Å². The number of halogens is 1. The summed E-state index contributed by atoms with van der Waals surface area (Å²) >= 11 is 6.03. The third kappa shape index (κ3) is 3.43. The van der Waals surface area contributed by atoms with Crippen LogP contribution in [0.2, 0.25) is 5.15 Å². The van der Waals surface area contributed by atoms with Crippen molar-refractivity contribution < 1.29 is 19.3 Å². The van der Waals surface area contributed by atoms with Gasteiger partial charge in [0.15, 0.2) is 16.8 Å². The normalized spacial score (nSPS) is 31.2. The summed E-state index contributed by atoms with van der Waals surface area (Å²) in [7, 11) is 0. The van der Waals surface area contributed by atoms with Crippen LogP contribution in [0.4, 0.5) is 11.5 Å². The third-order valence-corrected chi connectivity index (χ3v) is 4.46. The van der Waals surface area contributed by atoms with E-state index in [2.05, 4.69) is 15.3 Å². The van der Waals surface area contributed by atoms with Gasteiger partial charge in [0.05, 0.1) is 25.4 Å². The maximum absolute atomic E-state index is 9.01. The lowest BCUT2D eigenvalue weighted by atomic mass is 10.2. The van der Waals surface area contributed by atoms with Crippen molar-refractivity contribution in [1.82, 2.24) is 9.97 Å². The standard InChI is InChI=1S/C15H23ClN4O4/c1-7-18-13(16)10(17)14(19-7)20-8-6-9(22-5-4-21)12-11(8)23-15(2,3)24-12/h8-9,11-12,21H,4-6,17H2,1-3H3,(H,18,19,20)/t8-,9+,11+,12-/m1/s1. The molecule has 1 saturated heterocycles. The fraction of sp³-hybridized carbons (Fsp3) is 0.733. The van der Waals surface area contributed by atoms with Gasteiger partial charge in [-0.1, -0.05) is 11.6 Å². The minimum absolute atomic E-state index is 0.0378. The number of hydrogen-bond donors (Lipinski definition) is 3. The number of nitrogens with one attached hydrogen (secondary N) is 1. The van der Waals surface area contributed by atoms with E-state index in [0.29, 0.717) is 23.8 Å². The Bertz CT molecular complexity index is 615. The van der Waals surface area contributed by atoms with Crippen molar-refractivity contribution in [3.05, 3.63) is 11.0 Å². The monoisotopic (exact) mass is 358 g/mol. The average Bonchev–Trinajstić information content (AvgIpc) is 2.96. The van der Waals surface area contributed by atoms with E-state index in [1.165, 1.54) is 0 Å². The van der Waals surface area contributed by atoms with E-state index in [4.69, 9.17) is 36.7 Å². The van der Waals surface area contributed by atoms with Gasteiger partial charge in [-0.05, 0) is 27.2 Å². The Morgan fingerprint density at radius 1 is 1.38 bits per heavy atom. The van der Waals surface area contributed by atoms with Crippen LogP contribution in [0, 0.1) is 6.92 Å². The van der Waals surface area contributed by atoms with Gasteiger partial charge in [0.25, 0.3) is 0 Å². The number of aryl methyl sites for hydroxylation is 1. The first-order valence-corrected chi connectivity index (χ1v) is 8.33. The number of nitrogens with two attached hydrogens (primary N) is 1. The number of ether oxygens (including phenoxy) is 3. The number of rotatable bonds is 5. The molecule has 4 N–H and O–H groups in total. The Hall–Kier alpha value is -1.19. The number of hydrogen-bond acceptors (Lipinski definition) is 8. The average molecular weight is 359 g/mol. The number of nitrogen functional groups attached to an aromatic ring is 1. The van der Waals surface area contributed by atoms with E-state index in [0.717, 1.165) is 0 Å². The second kappa shape index (κ2) is 6.61. The Morgan fingerprint density at radius 2 is 2.08 bits per heavy atom. The van der Waals surface area contributed by atoms with Crippen LogP contribution in [0.1, 0.15) is 26.1 Å². The van der Waals surface area contributed by atoms with E-state index < -0.39 is 5.79 Å². The molecule has 0 amide bonds. The van der Waals surface area contributed by atoms with Crippen LogP contribution in [0.5, 0.6) is 0 Å². The van der Waals surface area contributed by atoms with E-state index >= 15 is 0 Å². The summed E-state index contributed by atoms with van der Waals surface area (Å²) in [6.07, 6.45) is 0.0350. The molecule has 1 aromatic rings. The molecule has 134 valence electrons. The number of aliphatic hydroxyl groups is 1. The van der Waals surface area contributed by atoms with Crippen molar-refractivity contribution in [3.8, 4) is 0 Å². The zero-order chi connectivity index (χ0) is 17.5. The fourth-order valence-corrected chi connectivity index (χ4v) is 3.49. The summed E-state index contributed by atoms with van der Waals surface area (Å²) in [5.41, 5.74) is 6.28. The molecule has 1 aromatic heterocycles. The largest absolute Gasteiger partial charge is 0.394 e. The van der Waals surface area contributed by atoms with Crippen LogP contribution in [0.3, 0.4) is 0 Å². The lowest BCUT2D eigenvalue weighted by Crippen LogP contribution is -2.35. The van der Waals surface area contributed by atoms with Gasteiger partial charge in [-0.3, -0.25) is 0 Å². The molecule has 1 aliphatic carbocycles. The van der Waals surface area contributed by atoms with Crippen LogP contribution < -0.4 is 11.1 Å². The van der Waals surface area contributed by atoms with Gasteiger partial charge in [-0.15, -0.1) is 0 Å². The number of fused-ring (bicyclic) bond motifs is 1. The molecule has 2 aliphatic rings. The van der Waals surface area contributed by atoms with Crippen molar-refractivity contribution in [1.29, 1.82) is 0 Å². The topological polar surface area (TPSA) is 112 Å². The molecule has 0 radical (unpaired) electrons. The van der Waals surface area contributed by atoms with Gasteiger partial charge in [-0.25, -0.2) is 9.97 Å².